The predicted octanol–water partition coefficient (Wildman–Crippen LogP) is 8.30. The van der Waals surface area contributed by atoms with Gasteiger partial charge in [-0.05, 0) is 81.3 Å². The molecule has 6 heteroatoms. The lowest BCUT2D eigenvalue weighted by Crippen LogP contribution is -2.42. The van der Waals surface area contributed by atoms with E-state index in [9.17, 15) is 0 Å². The molecule has 2 aliphatic rings. The van der Waals surface area contributed by atoms with E-state index in [4.69, 9.17) is 19.4 Å². The van der Waals surface area contributed by atoms with Crippen molar-refractivity contribution in [2.75, 3.05) is 27.2 Å². The van der Waals surface area contributed by atoms with Gasteiger partial charge in [0.1, 0.15) is 18.0 Å². The Balaban J connectivity index is 1.27. The molecule has 232 valence electrons. The highest BCUT2D eigenvalue weighted by Crippen LogP contribution is 2.38. The summed E-state index contributed by atoms with van der Waals surface area (Å²) in [5, 5.41) is 4.89. The zero-order valence-corrected chi connectivity index (χ0v) is 26.7. The fourth-order valence-electron chi connectivity index (χ4n) is 7.56. The van der Waals surface area contributed by atoms with Gasteiger partial charge in [-0.25, -0.2) is 0 Å². The molecule has 2 fully saturated rings. The Bertz CT molecular complexity index is 1640. The molecule has 7 rings (SSSR count). The SMILES string of the molecule is Cc1nc(OC(c2cccc3ccccc23)[C@@H]2CCCCN2C)cc(OC(c2cccc3ccccc23)[C@@H]2CCCCN2C)n1. The van der Waals surface area contributed by atoms with Crippen LogP contribution in [0.3, 0.4) is 0 Å². The Kier molecular flexibility index (Phi) is 8.68. The quantitative estimate of drug-likeness (QED) is 0.179. The number of rotatable bonds is 8. The van der Waals surface area contributed by atoms with Crippen molar-refractivity contribution in [3.05, 3.63) is 108 Å². The van der Waals surface area contributed by atoms with Crippen molar-refractivity contribution in [3.63, 3.8) is 0 Å². The molecule has 3 heterocycles. The number of ether oxygens (including phenoxy) is 2. The lowest BCUT2D eigenvalue weighted by atomic mass is 9.90. The molecule has 0 aliphatic carbocycles. The molecule has 2 saturated heterocycles. The molecule has 6 nitrogen and oxygen atoms in total. The van der Waals surface area contributed by atoms with Crippen LogP contribution in [0.1, 0.15) is 67.7 Å². The minimum absolute atomic E-state index is 0.179. The normalized spacial score (nSPS) is 21.0. The van der Waals surface area contributed by atoms with E-state index in [0.29, 0.717) is 17.6 Å². The fourth-order valence-corrected chi connectivity index (χ4v) is 7.56. The third kappa shape index (κ3) is 6.27. The summed E-state index contributed by atoms with van der Waals surface area (Å²) in [5.41, 5.74) is 2.39. The van der Waals surface area contributed by atoms with Gasteiger partial charge < -0.3 is 9.47 Å². The molecule has 45 heavy (non-hydrogen) atoms. The van der Waals surface area contributed by atoms with Crippen molar-refractivity contribution in [1.82, 2.24) is 19.8 Å². The number of piperidine rings is 2. The van der Waals surface area contributed by atoms with E-state index in [0.717, 1.165) is 25.9 Å². The average molecular weight is 601 g/mol. The van der Waals surface area contributed by atoms with Gasteiger partial charge in [0.15, 0.2) is 0 Å². The highest BCUT2D eigenvalue weighted by atomic mass is 16.5. The second-order valence-electron chi connectivity index (χ2n) is 12.9. The predicted molar refractivity (Wildman–Crippen MR) is 182 cm³/mol. The Morgan fingerprint density at radius 3 is 1.51 bits per heavy atom. The Morgan fingerprint density at radius 1 is 0.600 bits per heavy atom. The van der Waals surface area contributed by atoms with E-state index in [1.54, 1.807) is 0 Å². The third-order valence-corrected chi connectivity index (χ3v) is 9.90. The van der Waals surface area contributed by atoms with Gasteiger partial charge in [0.2, 0.25) is 11.8 Å². The van der Waals surface area contributed by atoms with E-state index < -0.39 is 0 Å². The molecule has 1 aromatic heterocycles. The first-order valence-electron chi connectivity index (χ1n) is 16.6. The second kappa shape index (κ2) is 13.2. The fraction of sp³-hybridized carbons (Fsp3) is 0.385. The molecule has 2 aliphatic heterocycles. The Hall–Kier alpha value is -4.00. The van der Waals surface area contributed by atoms with Crippen LogP contribution in [0.15, 0.2) is 91.0 Å². The number of nitrogens with zero attached hydrogens (tertiary/aromatic N) is 4. The number of likely N-dealkylation sites (tertiary alicyclic amines) is 2. The van der Waals surface area contributed by atoms with Gasteiger partial charge in [0.05, 0.1) is 18.2 Å². The summed E-state index contributed by atoms with van der Waals surface area (Å²) in [5.74, 6) is 1.76. The molecule has 4 atom stereocenters. The van der Waals surface area contributed by atoms with E-state index in [1.165, 1.54) is 58.4 Å². The van der Waals surface area contributed by atoms with Crippen molar-refractivity contribution in [1.29, 1.82) is 0 Å². The monoisotopic (exact) mass is 600 g/mol. The van der Waals surface area contributed by atoms with Crippen molar-refractivity contribution in [2.45, 2.75) is 69.7 Å². The van der Waals surface area contributed by atoms with Crippen molar-refractivity contribution >= 4 is 21.5 Å². The number of benzene rings is 4. The summed E-state index contributed by atoms with van der Waals surface area (Å²) in [6.07, 6.45) is 6.61. The van der Waals surface area contributed by atoms with E-state index in [-0.39, 0.29) is 24.3 Å². The van der Waals surface area contributed by atoms with Crippen LogP contribution >= 0.6 is 0 Å². The lowest BCUT2D eigenvalue weighted by molar-refractivity contribution is 0.0489. The number of hydrogen-bond donors (Lipinski definition) is 0. The smallest absolute Gasteiger partial charge is 0.221 e. The largest absolute Gasteiger partial charge is 0.468 e. The maximum Gasteiger partial charge on any atom is 0.221 e. The number of hydrogen-bond acceptors (Lipinski definition) is 6. The Morgan fingerprint density at radius 2 is 1.04 bits per heavy atom. The zero-order valence-electron chi connectivity index (χ0n) is 26.7. The molecule has 4 aromatic carbocycles. The summed E-state index contributed by atoms with van der Waals surface area (Å²) < 4.78 is 14.0. The molecule has 2 unspecified atom stereocenters. The number of aryl methyl sites for hydroxylation is 1. The van der Waals surface area contributed by atoms with Crippen LogP contribution in [0.5, 0.6) is 11.8 Å². The van der Waals surface area contributed by atoms with Gasteiger partial charge in [0.25, 0.3) is 0 Å². The minimum Gasteiger partial charge on any atom is -0.468 e. The molecule has 0 spiro atoms. The first-order chi connectivity index (χ1) is 22.0. The highest BCUT2D eigenvalue weighted by Gasteiger charge is 2.34. The summed E-state index contributed by atoms with van der Waals surface area (Å²) >= 11 is 0. The standard InChI is InChI=1S/C39H44N4O2/c1-27-40-36(44-38(34-22-8-10-24-42(34)2)32-20-12-16-28-14-4-6-18-30(28)32)26-37(41-27)45-39(35-23-9-11-25-43(35)3)33-21-13-17-29-15-5-7-19-31(29)33/h4-7,12-21,26,34-35,38-39H,8-11,22-25H2,1-3H3/t34-,35-,38?,39?/m0/s1. The van der Waals surface area contributed by atoms with Gasteiger partial charge >= 0.3 is 0 Å². The summed E-state index contributed by atoms with van der Waals surface area (Å²) in [4.78, 5) is 14.5. The third-order valence-electron chi connectivity index (χ3n) is 9.90. The molecule has 0 amide bonds. The molecular formula is C39H44N4O2. The summed E-state index contributed by atoms with van der Waals surface area (Å²) in [6.45, 7) is 4.06. The first kappa shape index (κ1) is 29.7. The van der Waals surface area contributed by atoms with Crippen molar-refractivity contribution < 1.29 is 9.47 Å². The number of aromatic nitrogens is 2. The van der Waals surface area contributed by atoms with Crippen LogP contribution < -0.4 is 9.47 Å². The van der Waals surface area contributed by atoms with Crippen molar-refractivity contribution in [3.8, 4) is 11.8 Å². The van der Waals surface area contributed by atoms with Gasteiger partial charge in [-0.1, -0.05) is 97.8 Å². The molecule has 5 aromatic rings. The highest BCUT2D eigenvalue weighted by molar-refractivity contribution is 5.87. The maximum absolute atomic E-state index is 6.98. The van der Waals surface area contributed by atoms with Gasteiger partial charge in [-0.2, -0.15) is 9.97 Å². The zero-order chi connectivity index (χ0) is 30.8. The molecule has 0 saturated carbocycles. The molecule has 0 bridgehead atoms. The Labute approximate surface area is 267 Å². The summed E-state index contributed by atoms with van der Waals surface area (Å²) in [6, 6.07) is 32.7. The van der Waals surface area contributed by atoms with Crippen LogP contribution in [0.25, 0.3) is 21.5 Å². The molecular weight excluding hydrogens is 556 g/mol. The van der Waals surface area contributed by atoms with Gasteiger partial charge in [-0.3, -0.25) is 9.80 Å². The average Bonchev–Trinajstić information content (AvgIpc) is 3.06. The minimum atomic E-state index is -0.179. The van der Waals surface area contributed by atoms with Crippen LogP contribution in [0, 0.1) is 6.92 Å². The second-order valence-corrected chi connectivity index (χ2v) is 12.9. The lowest BCUT2D eigenvalue weighted by Gasteiger charge is -2.39. The maximum atomic E-state index is 6.98. The van der Waals surface area contributed by atoms with E-state index in [2.05, 4.69) is 109 Å². The topological polar surface area (TPSA) is 50.7 Å². The van der Waals surface area contributed by atoms with Crippen molar-refractivity contribution in [2.24, 2.45) is 0 Å². The van der Waals surface area contributed by atoms with E-state index in [1.807, 2.05) is 13.0 Å². The molecule has 0 N–H and O–H groups in total. The first-order valence-corrected chi connectivity index (χ1v) is 16.6. The summed E-state index contributed by atoms with van der Waals surface area (Å²) in [7, 11) is 4.45. The van der Waals surface area contributed by atoms with Gasteiger partial charge in [0, 0.05) is 11.1 Å². The molecule has 0 radical (unpaired) electrons. The number of fused-ring (bicyclic) bond motifs is 2. The van der Waals surface area contributed by atoms with E-state index >= 15 is 0 Å². The number of likely N-dealkylation sites (N-methyl/N-ethyl adjacent to an activating group) is 2. The van der Waals surface area contributed by atoms with Crippen LogP contribution in [-0.2, 0) is 0 Å². The van der Waals surface area contributed by atoms with Gasteiger partial charge in [-0.15, -0.1) is 0 Å². The van der Waals surface area contributed by atoms with Crippen LogP contribution in [0.2, 0.25) is 0 Å². The van der Waals surface area contributed by atoms with Crippen LogP contribution in [0.4, 0.5) is 0 Å². The van der Waals surface area contributed by atoms with Crippen LogP contribution in [-0.4, -0.2) is 59.0 Å².